The van der Waals surface area contributed by atoms with Gasteiger partial charge in [0.2, 0.25) is 0 Å². The minimum atomic E-state index is -0.459. The topological polar surface area (TPSA) is 58.6 Å². The molecule has 1 saturated carbocycles. The van der Waals surface area contributed by atoms with E-state index in [9.17, 15) is 9.90 Å². The van der Waals surface area contributed by atoms with Crippen molar-refractivity contribution >= 4 is 6.09 Å². The van der Waals surface area contributed by atoms with Gasteiger partial charge in [-0.3, -0.25) is 0 Å². The zero-order valence-electron chi connectivity index (χ0n) is 9.63. The van der Waals surface area contributed by atoms with E-state index in [0.29, 0.717) is 0 Å². The van der Waals surface area contributed by atoms with E-state index < -0.39 is 12.2 Å². The maximum atomic E-state index is 11.5. The van der Waals surface area contributed by atoms with Crippen molar-refractivity contribution in [3.8, 4) is 0 Å². The molecule has 1 aromatic rings. The number of nitrogens with one attached hydrogen (secondary N) is 1. The number of hydrogen-bond donors (Lipinski definition) is 2. The Hall–Kier alpha value is -1.55. The van der Waals surface area contributed by atoms with Gasteiger partial charge >= 0.3 is 6.09 Å². The molecule has 1 unspecified atom stereocenters. The molecule has 1 aromatic carbocycles. The minimum Gasteiger partial charge on any atom is -0.445 e. The molecule has 0 spiro atoms. The van der Waals surface area contributed by atoms with Crippen molar-refractivity contribution in [1.29, 1.82) is 0 Å². The summed E-state index contributed by atoms with van der Waals surface area (Å²) in [6, 6.07) is 9.36. The highest BCUT2D eigenvalue weighted by Gasteiger charge is 2.26. The average Bonchev–Trinajstić information content (AvgIpc) is 2.74. The zero-order valence-corrected chi connectivity index (χ0v) is 9.63. The fraction of sp³-hybridized carbons (Fsp3) is 0.462. The number of aliphatic hydroxyl groups excluding tert-OH is 1. The molecule has 1 fully saturated rings. The lowest BCUT2D eigenvalue weighted by molar-refractivity contribution is 0.113. The SMILES string of the molecule is O=C(NC1CCC[C@H]1O)OCc1ccccc1. The van der Waals surface area contributed by atoms with Gasteiger partial charge in [0, 0.05) is 0 Å². The van der Waals surface area contributed by atoms with E-state index in [4.69, 9.17) is 4.74 Å². The molecule has 4 nitrogen and oxygen atoms in total. The molecule has 0 heterocycles. The summed E-state index contributed by atoms with van der Waals surface area (Å²) in [7, 11) is 0. The van der Waals surface area contributed by atoms with Crippen LogP contribution < -0.4 is 5.32 Å². The number of alkyl carbamates (subject to hydrolysis) is 1. The van der Waals surface area contributed by atoms with Crippen LogP contribution in [0.25, 0.3) is 0 Å². The highest BCUT2D eigenvalue weighted by atomic mass is 16.5. The molecule has 0 radical (unpaired) electrons. The van der Waals surface area contributed by atoms with Crippen molar-refractivity contribution in [3.63, 3.8) is 0 Å². The Bertz CT molecular complexity index is 366. The molecule has 1 amide bonds. The Balaban J connectivity index is 1.74. The van der Waals surface area contributed by atoms with Gasteiger partial charge in [-0.2, -0.15) is 0 Å². The summed E-state index contributed by atoms with van der Waals surface area (Å²) in [6.07, 6.45) is 1.63. The number of aliphatic hydroxyl groups is 1. The quantitative estimate of drug-likeness (QED) is 0.840. The summed E-state index contributed by atoms with van der Waals surface area (Å²) >= 11 is 0. The Kier molecular flexibility index (Phi) is 3.98. The lowest BCUT2D eigenvalue weighted by Crippen LogP contribution is -2.40. The smallest absolute Gasteiger partial charge is 0.407 e. The number of amides is 1. The molecular formula is C13H17NO3. The van der Waals surface area contributed by atoms with Gasteiger partial charge in [-0.15, -0.1) is 0 Å². The Morgan fingerprint density at radius 2 is 2.12 bits per heavy atom. The summed E-state index contributed by atoms with van der Waals surface area (Å²) in [6.45, 7) is 0.259. The van der Waals surface area contributed by atoms with Crippen LogP contribution in [0, 0.1) is 0 Å². The fourth-order valence-corrected chi connectivity index (χ4v) is 2.02. The molecule has 0 bridgehead atoms. The molecule has 1 aliphatic carbocycles. The summed E-state index contributed by atoms with van der Waals surface area (Å²) in [5, 5.41) is 12.2. The summed E-state index contributed by atoms with van der Waals surface area (Å²) < 4.78 is 5.08. The molecule has 92 valence electrons. The minimum absolute atomic E-state index is 0.154. The van der Waals surface area contributed by atoms with E-state index in [1.54, 1.807) is 0 Å². The highest BCUT2D eigenvalue weighted by molar-refractivity contribution is 5.67. The van der Waals surface area contributed by atoms with Gasteiger partial charge in [0.1, 0.15) is 6.61 Å². The van der Waals surface area contributed by atoms with Crippen molar-refractivity contribution in [3.05, 3.63) is 35.9 Å². The molecular weight excluding hydrogens is 218 g/mol. The second kappa shape index (κ2) is 5.68. The normalized spacial score (nSPS) is 23.4. The first kappa shape index (κ1) is 11.9. The van der Waals surface area contributed by atoms with Crippen molar-refractivity contribution in [2.24, 2.45) is 0 Å². The van der Waals surface area contributed by atoms with Crippen molar-refractivity contribution in [2.45, 2.75) is 38.0 Å². The Morgan fingerprint density at radius 1 is 1.35 bits per heavy atom. The molecule has 17 heavy (non-hydrogen) atoms. The molecule has 2 atom stereocenters. The Morgan fingerprint density at radius 3 is 2.76 bits per heavy atom. The van der Waals surface area contributed by atoms with Gasteiger partial charge in [0.05, 0.1) is 12.1 Å². The average molecular weight is 235 g/mol. The Labute approximate surface area is 101 Å². The summed E-state index contributed by atoms with van der Waals surface area (Å²) in [5.74, 6) is 0. The van der Waals surface area contributed by atoms with Gasteiger partial charge in [0.25, 0.3) is 0 Å². The second-order valence-corrected chi connectivity index (χ2v) is 4.31. The molecule has 0 aromatic heterocycles. The molecule has 2 rings (SSSR count). The second-order valence-electron chi connectivity index (χ2n) is 4.31. The number of hydrogen-bond acceptors (Lipinski definition) is 3. The van der Waals surface area contributed by atoms with Crippen molar-refractivity contribution in [2.75, 3.05) is 0 Å². The van der Waals surface area contributed by atoms with Gasteiger partial charge in [-0.25, -0.2) is 4.79 Å². The number of carbonyl (C=O) groups excluding carboxylic acids is 1. The number of carbonyl (C=O) groups is 1. The summed E-state index contributed by atoms with van der Waals surface area (Å²) in [4.78, 5) is 11.5. The van der Waals surface area contributed by atoms with E-state index in [0.717, 1.165) is 24.8 Å². The monoisotopic (exact) mass is 235 g/mol. The molecule has 2 N–H and O–H groups in total. The van der Waals surface area contributed by atoms with Crippen LogP contribution in [0.4, 0.5) is 4.79 Å². The van der Waals surface area contributed by atoms with E-state index in [2.05, 4.69) is 5.32 Å². The lowest BCUT2D eigenvalue weighted by Gasteiger charge is -2.16. The largest absolute Gasteiger partial charge is 0.445 e. The first-order valence-electron chi connectivity index (χ1n) is 5.91. The third-order valence-corrected chi connectivity index (χ3v) is 3.00. The number of ether oxygens (including phenoxy) is 1. The first-order valence-corrected chi connectivity index (χ1v) is 5.91. The van der Waals surface area contributed by atoms with Crippen molar-refractivity contribution < 1.29 is 14.6 Å². The predicted octanol–water partition coefficient (Wildman–Crippen LogP) is 1.83. The lowest BCUT2D eigenvalue weighted by atomic mass is 10.2. The predicted molar refractivity (Wildman–Crippen MR) is 63.4 cm³/mol. The van der Waals surface area contributed by atoms with E-state index >= 15 is 0 Å². The van der Waals surface area contributed by atoms with E-state index in [1.165, 1.54) is 0 Å². The standard InChI is InChI=1S/C13H17NO3/c15-12-8-4-7-11(12)14-13(16)17-9-10-5-2-1-3-6-10/h1-3,5-6,11-12,15H,4,7-9H2,(H,14,16)/t11?,12-/m1/s1. The van der Waals surface area contributed by atoms with Gasteiger partial charge in [0.15, 0.2) is 0 Å². The van der Waals surface area contributed by atoms with Crippen LogP contribution >= 0.6 is 0 Å². The number of benzene rings is 1. The molecule has 4 heteroatoms. The zero-order chi connectivity index (χ0) is 12.1. The third kappa shape index (κ3) is 3.46. The van der Waals surface area contributed by atoms with Crippen LogP contribution in [-0.2, 0) is 11.3 Å². The third-order valence-electron chi connectivity index (χ3n) is 3.00. The van der Waals surface area contributed by atoms with Crippen LogP contribution in [0.2, 0.25) is 0 Å². The van der Waals surface area contributed by atoms with Crippen LogP contribution in [0.5, 0.6) is 0 Å². The van der Waals surface area contributed by atoms with E-state index in [-0.39, 0.29) is 12.6 Å². The highest BCUT2D eigenvalue weighted by Crippen LogP contribution is 2.18. The van der Waals surface area contributed by atoms with Crippen molar-refractivity contribution in [1.82, 2.24) is 5.32 Å². The van der Waals surface area contributed by atoms with Crippen LogP contribution in [0.15, 0.2) is 30.3 Å². The van der Waals surface area contributed by atoms with Gasteiger partial charge in [-0.05, 0) is 24.8 Å². The fourth-order valence-electron chi connectivity index (χ4n) is 2.02. The maximum absolute atomic E-state index is 11.5. The van der Waals surface area contributed by atoms with E-state index in [1.807, 2.05) is 30.3 Å². The molecule has 0 saturated heterocycles. The van der Waals surface area contributed by atoms with Crippen LogP contribution in [0.1, 0.15) is 24.8 Å². The summed E-state index contributed by atoms with van der Waals surface area (Å²) in [5.41, 5.74) is 0.953. The molecule has 1 aliphatic rings. The molecule has 0 aliphatic heterocycles. The first-order chi connectivity index (χ1) is 8.25. The maximum Gasteiger partial charge on any atom is 0.407 e. The van der Waals surface area contributed by atoms with Crippen LogP contribution in [0.3, 0.4) is 0 Å². The van der Waals surface area contributed by atoms with Crippen LogP contribution in [-0.4, -0.2) is 23.3 Å². The number of rotatable bonds is 3. The van der Waals surface area contributed by atoms with Gasteiger partial charge < -0.3 is 15.2 Å². The van der Waals surface area contributed by atoms with Gasteiger partial charge in [-0.1, -0.05) is 30.3 Å².